The third kappa shape index (κ3) is 5.07. The fourth-order valence-electron chi connectivity index (χ4n) is 3.23. The number of quaternary nitrogens is 1. The van der Waals surface area contributed by atoms with Crippen LogP contribution < -0.4 is 9.21 Å². The largest absolute Gasteiger partial charge is 0.385 e. The van der Waals surface area contributed by atoms with Gasteiger partial charge in [-0.1, -0.05) is 35.9 Å². The lowest BCUT2D eigenvalue weighted by Crippen LogP contribution is -3.15. The number of benzene rings is 2. The molecule has 27 heavy (non-hydrogen) atoms. The van der Waals surface area contributed by atoms with E-state index in [1.807, 2.05) is 13.0 Å². The van der Waals surface area contributed by atoms with Crippen LogP contribution in [0.4, 0.5) is 5.69 Å². The number of nitrogens with one attached hydrogen (secondary N) is 1. The monoisotopic (exact) mass is 391 g/mol. The van der Waals surface area contributed by atoms with Crippen molar-refractivity contribution in [2.24, 2.45) is 0 Å². The van der Waals surface area contributed by atoms with Crippen LogP contribution in [0.1, 0.15) is 5.56 Å². The van der Waals surface area contributed by atoms with Gasteiger partial charge in [0.25, 0.3) is 10.0 Å². The summed E-state index contributed by atoms with van der Waals surface area (Å²) in [7, 11) is -3.77. The molecular weight excluding hydrogens is 364 g/mol. The normalized spacial score (nSPS) is 16.8. The first-order valence-corrected chi connectivity index (χ1v) is 10.6. The number of hydrogen-bond acceptors (Lipinski definition) is 4. The maximum absolute atomic E-state index is 13.3. The van der Waals surface area contributed by atoms with E-state index in [1.54, 1.807) is 48.5 Å². The van der Waals surface area contributed by atoms with E-state index in [4.69, 9.17) is 4.74 Å². The lowest BCUT2D eigenvalue weighted by molar-refractivity contribution is -0.910. The van der Waals surface area contributed by atoms with Gasteiger partial charge in [-0.3, -0.25) is 4.31 Å². The molecule has 3 rings (SSSR count). The standard InChI is InChI=1S/C20H26N2O4S/c1-17-7-9-20(10-8-17)27(24,25)22(18-5-3-2-4-6-18)16-19(23)15-21-11-13-26-14-12-21/h2-10,19,23H,11-16H2,1H3/p+1. The van der Waals surface area contributed by atoms with E-state index in [2.05, 4.69) is 0 Å². The van der Waals surface area contributed by atoms with Crippen molar-refractivity contribution in [2.75, 3.05) is 43.7 Å². The minimum absolute atomic E-state index is 0.0184. The molecule has 1 aliphatic rings. The van der Waals surface area contributed by atoms with Gasteiger partial charge in [-0.25, -0.2) is 8.42 Å². The van der Waals surface area contributed by atoms with Crippen LogP contribution in [0.25, 0.3) is 0 Å². The number of morpholine rings is 1. The second-order valence-corrected chi connectivity index (χ2v) is 8.77. The van der Waals surface area contributed by atoms with Gasteiger partial charge in [0.2, 0.25) is 0 Å². The van der Waals surface area contributed by atoms with Crippen LogP contribution in [0.15, 0.2) is 59.5 Å². The number of para-hydroxylation sites is 1. The number of rotatable bonds is 7. The number of nitrogens with zero attached hydrogens (tertiary/aromatic N) is 1. The van der Waals surface area contributed by atoms with Crippen LogP contribution in [-0.2, 0) is 14.8 Å². The van der Waals surface area contributed by atoms with E-state index >= 15 is 0 Å². The predicted octanol–water partition coefficient (Wildman–Crippen LogP) is 0.466. The molecule has 2 aromatic carbocycles. The Morgan fingerprint density at radius 1 is 1.07 bits per heavy atom. The second-order valence-electron chi connectivity index (χ2n) is 6.91. The molecule has 0 amide bonds. The fourth-order valence-corrected chi connectivity index (χ4v) is 4.73. The zero-order valence-electron chi connectivity index (χ0n) is 15.5. The van der Waals surface area contributed by atoms with Crippen molar-refractivity contribution in [3.05, 3.63) is 60.2 Å². The summed E-state index contributed by atoms with van der Waals surface area (Å²) >= 11 is 0. The molecule has 2 N–H and O–H groups in total. The predicted molar refractivity (Wildman–Crippen MR) is 105 cm³/mol. The minimum atomic E-state index is -3.77. The van der Waals surface area contributed by atoms with Crippen LogP contribution in [0, 0.1) is 6.92 Å². The molecule has 1 saturated heterocycles. The molecule has 0 spiro atoms. The maximum atomic E-state index is 13.3. The Labute approximate surface area is 161 Å². The van der Waals surface area contributed by atoms with E-state index < -0.39 is 16.1 Å². The van der Waals surface area contributed by atoms with E-state index in [1.165, 1.54) is 9.21 Å². The molecule has 7 heteroatoms. The molecule has 0 aromatic heterocycles. The smallest absolute Gasteiger partial charge is 0.264 e. The van der Waals surface area contributed by atoms with Crippen LogP contribution in [0.3, 0.4) is 0 Å². The van der Waals surface area contributed by atoms with Crippen LogP contribution >= 0.6 is 0 Å². The van der Waals surface area contributed by atoms with Crippen molar-refractivity contribution in [3.8, 4) is 0 Å². The van der Waals surface area contributed by atoms with Gasteiger partial charge < -0.3 is 14.7 Å². The molecule has 6 nitrogen and oxygen atoms in total. The Morgan fingerprint density at radius 2 is 1.70 bits per heavy atom. The van der Waals surface area contributed by atoms with Gasteiger partial charge in [0.05, 0.1) is 30.3 Å². The number of ether oxygens (including phenoxy) is 1. The number of aliphatic hydroxyl groups is 1. The molecule has 0 saturated carbocycles. The highest BCUT2D eigenvalue weighted by molar-refractivity contribution is 7.92. The zero-order valence-corrected chi connectivity index (χ0v) is 16.4. The third-order valence-corrected chi connectivity index (χ3v) is 6.56. The lowest BCUT2D eigenvalue weighted by atomic mass is 10.2. The minimum Gasteiger partial charge on any atom is -0.385 e. The Bertz CT molecular complexity index is 819. The van der Waals surface area contributed by atoms with Gasteiger partial charge in [0.15, 0.2) is 0 Å². The molecule has 1 aliphatic heterocycles. The molecule has 0 aliphatic carbocycles. The fraction of sp³-hybridized carbons (Fsp3) is 0.400. The van der Waals surface area contributed by atoms with E-state index in [-0.39, 0.29) is 11.4 Å². The number of aryl methyl sites for hydroxylation is 1. The van der Waals surface area contributed by atoms with Gasteiger partial charge >= 0.3 is 0 Å². The number of sulfonamides is 1. The van der Waals surface area contributed by atoms with E-state index in [9.17, 15) is 13.5 Å². The van der Waals surface area contributed by atoms with Crippen molar-refractivity contribution in [1.82, 2.24) is 0 Å². The Morgan fingerprint density at radius 3 is 2.33 bits per heavy atom. The Kier molecular flexibility index (Phi) is 6.49. The van der Waals surface area contributed by atoms with Crippen LogP contribution in [0.5, 0.6) is 0 Å². The summed E-state index contributed by atoms with van der Waals surface area (Å²) in [4.78, 5) is 1.46. The highest BCUT2D eigenvalue weighted by atomic mass is 32.2. The van der Waals surface area contributed by atoms with Crippen molar-refractivity contribution < 1.29 is 23.2 Å². The molecule has 0 radical (unpaired) electrons. The average molecular weight is 392 g/mol. The highest BCUT2D eigenvalue weighted by Gasteiger charge is 2.29. The molecule has 1 heterocycles. The van der Waals surface area contributed by atoms with E-state index in [0.29, 0.717) is 25.4 Å². The van der Waals surface area contributed by atoms with Gasteiger partial charge in [-0.05, 0) is 31.2 Å². The zero-order chi connectivity index (χ0) is 19.3. The Balaban J connectivity index is 1.83. The molecule has 146 valence electrons. The summed E-state index contributed by atoms with van der Waals surface area (Å²) in [6.45, 7) is 5.43. The lowest BCUT2D eigenvalue weighted by Gasteiger charge is -2.30. The first-order chi connectivity index (χ1) is 13.0. The molecule has 1 unspecified atom stereocenters. The van der Waals surface area contributed by atoms with Gasteiger partial charge in [0.1, 0.15) is 25.7 Å². The first kappa shape index (κ1) is 19.8. The molecule has 1 atom stereocenters. The Hall–Kier alpha value is -1.93. The highest BCUT2D eigenvalue weighted by Crippen LogP contribution is 2.24. The third-order valence-electron chi connectivity index (χ3n) is 4.75. The average Bonchev–Trinajstić information content (AvgIpc) is 2.68. The van der Waals surface area contributed by atoms with Gasteiger partial charge in [-0.2, -0.15) is 0 Å². The second kappa shape index (κ2) is 8.84. The van der Waals surface area contributed by atoms with Crippen molar-refractivity contribution in [2.45, 2.75) is 17.9 Å². The summed E-state index contributed by atoms with van der Waals surface area (Å²) in [5.74, 6) is 0. The van der Waals surface area contributed by atoms with Crippen molar-refractivity contribution in [1.29, 1.82) is 0 Å². The SMILES string of the molecule is Cc1ccc(S(=O)(=O)N(CC(O)C[NH+]2CCOCC2)c2ccccc2)cc1. The van der Waals surface area contributed by atoms with Crippen LogP contribution in [-0.4, -0.2) is 59.0 Å². The molecular formula is C20H27N2O4S+. The summed E-state index contributed by atoms with van der Waals surface area (Å²) in [5, 5.41) is 10.6. The topological polar surface area (TPSA) is 71.3 Å². The quantitative estimate of drug-likeness (QED) is 0.720. The van der Waals surface area contributed by atoms with Crippen LogP contribution in [0.2, 0.25) is 0 Å². The van der Waals surface area contributed by atoms with Gasteiger partial charge in [-0.15, -0.1) is 0 Å². The molecule has 0 bridgehead atoms. The number of anilines is 1. The molecule has 2 aromatic rings. The molecule has 1 fully saturated rings. The maximum Gasteiger partial charge on any atom is 0.264 e. The van der Waals surface area contributed by atoms with Crippen molar-refractivity contribution >= 4 is 15.7 Å². The van der Waals surface area contributed by atoms with Crippen molar-refractivity contribution in [3.63, 3.8) is 0 Å². The summed E-state index contributed by atoms with van der Waals surface area (Å²) in [6, 6.07) is 15.7. The van der Waals surface area contributed by atoms with Gasteiger partial charge in [0, 0.05) is 0 Å². The first-order valence-electron chi connectivity index (χ1n) is 9.20. The summed E-state index contributed by atoms with van der Waals surface area (Å²) in [6.07, 6.45) is -0.765. The summed E-state index contributed by atoms with van der Waals surface area (Å²) in [5.41, 5.74) is 1.55. The van der Waals surface area contributed by atoms with E-state index in [0.717, 1.165) is 18.7 Å². The number of aliphatic hydroxyl groups excluding tert-OH is 1. The summed E-state index contributed by atoms with van der Waals surface area (Å²) < 4.78 is 33.2. The number of hydrogen-bond donors (Lipinski definition) is 2.